The second-order valence-electron chi connectivity index (χ2n) is 8.60. The minimum Gasteiger partial charge on any atom is -0.465 e. The van der Waals surface area contributed by atoms with Gasteiger partial charge >= 0.3 is 5.97 Å². The fraction of sp³-hybridized carbons (Fsp3) is 0.269. The van der Waals surface area contributed by atoms with Gasteiger partial charge < -0.3 is 4.74 Å². The fourth-order valence-electron chi connectivity index (χ4n) is 4.52. The summed E-state index contributed by atoms with van der Waals surface area (Å²) in [5.74, 6) is -0.350. The lowest BCUT2D eigenvalue weighted by atomic mass is 9.80. The van der Waals surface area contributed by atoms with Gasteiger partial charge in [0.1, 0.15) is 7.05 Å². The lowest BCUT2D eigenvalue weighted by Gasteiger charge is -2.16. The number of aromatic nitrogens is 2. The summed E-state index contributed by atoms with van der Waals surface area (Å²) in [7, 11) is 5.28. The Labute approximate surface area is 187 Å². The summed E-state index contributed by atoms with van der Waals surface area (Å²) < 4.78 is 10.6. The Bertz CT molecular complexity index is 1340. The van der Waals surface area contributed by atoms with E-state index in [1.54, 1.807) is 10.7 Å². The van der Waals surface area contributed by atoms with Crippen LogP contribution in [-0.4, -0.2) is 39.8 Å². The Morgan fingerprint density at radius 2 is 1.78 bits per heavy atom. The maximum Gasteiger partial charge on any atom is 0.337 e. The van der Waals surface area contributed by atoms with Crippen molar-refractivity contribution in [1.29, 1.82) is 0 Å². The van der Waals surface area contributed by atoms with E-state index in [1.807, 2.05) is 80.3 Å². The summed E-state index contributed by atoms with van der Waals surface area (Å²) in [5.41, 5.74) is 5.63. The molecule has 3 aromatic rings. The van der Waals surface area contributed by atoms with Crippen LogP contribution in [0.4, 0.5) is 5.69 Å². The minimum absolute atomic E-state index is 0.0583. The second-order valence-corrected chi connectivity index (χ2v) is 8.60. The Morgan fingerprint density at radius 1 is 1.09 bits per heavy atom. The lowest BCUT2D eigenvalue weighted by Crippen LogP contribution is -2.27. The van der Waals surface area contributed by atoms with Crippen LogP contribution in [0.15, 0.2) is 59.4 Å². The number of fused-ring (bicyclic) bond motifs is 1. The molecule has 1 aliphatic rings. The Kier molecular flexibility index (Phi) is 5.25. The van der Waals surface area contributed by atoms with Crippen molar-refractivity contribution in [3.63, 3.8) is 0 Å². The van der Waals surface area contributed by atoms with Crippen LogP contribution in [0.5, 0.6) is 0 Å². The summed E-state index contributed by atoms with van der Waals surface area (Å²) in [4.78, 5) is 25.3. The van der Waals surface area contributed by atoms with Gasteiger partial charge in [-0.05, 0) is 51.1 Å². The van der Waals surface area contributed by atoms with Gasteiger partial charge in [0.15, 0.2) is 5.71 Å². The quantitative estimate of drug-likeness (QED) is 0.465. The summed E-state index contributed by atoms with van der Waals surface area (Å²) >= 11 is 0. The maximum atomic E-state index is 13.2. The maximum absolute atomic E-state index is 13.2. The van der Waals surface area contributed by atoms with E-state index in [0.29, 0.717) is 11.1 Å². The van der Waals surface area contributed by atoms with Gasteiger partial charge in [0.05, 0.1) is 29.3 Å². The van der Waals surface area contributed by atoms with Crippen LogP contribution in [0.3, 0.4) is 0 Å². The molecule has 1 aliphatic heterocycles. The molecule has 0 atom stereocenters. The van der Waals surface area contributed by atoms with Gasteiger partial charge in [-0.25, -0.2) is 9.48 Å². The molecule has 0 spiro atoms. The predicted octanol–water partition coefficient (Wildman–Crippen LogP) is 3.99. The average molecular weight is 431 g/mol. The first-order chi connectivity index (χ1) is 15.2. The van der Waals surface area contributed by atoms with Crippen molar-refractivity contribution in [2.45, 2.75) is 26.2 Å². The van der Waals surface area contributed by atoms with Gasteiger partial charge in [-0.2, -0.15) is 4.58 Å². The number of carbonyl (C=O) groups is 1. The molecule has 1 aromatic heterocycles. The zero-order valence-electron chi connectivity index (χ0n) is 19.3. The van der Waals surface area contributed by atoms with Crippen LogP contribution in [-0.2, 0) is 17.2 Å². The zero-order valence-corrected chi connectivity index (χ0v) is 19.3. The summed E-state index contributed by atoms with van der Waals surface area (Å²) in [6.45, 7) is 6.19. The number of methoxy groups -OCH3 is 1. The molecule has 0 aliphatic carbocycles. The number of hydrogen-bond acceptors (Lipinski definition) is 3. The van der Waals surface area contributed by atoms with E-state index in [1.165, 1.54) is 7.11 Å². The van der Waals surface area contributed by atoms with Crippen molar-refractivity contribution in [2.24, 2.45) is 7.05 Å². The standard InChI is InChI=1S/C26H28N3O3/c1-17-20(24(30)29(28(17)5)19-10-8-7-9-11-19)13-15-23-26(2,3)21-16-18(25(31)32-6)12-14-22(21)27(23)4/h7-16H,1-6H3/q+1. The predicted molar refractivity (Wildman–Crippen MR) is 126 cm³/mol. The monoisotopic (exact) mass is 430 g/mol. The highest BCUT2D eigenvalue weighted by Gasteiger charge is 2.43. The van der Waals surface area contributed by atoms with Gasteiger partial charge in [0.2, 0.25) is 5.69 Å². The molecule has 2 heterocycles. The van der Waals surface area contributed by atoms with Crippen molar-refractivity contribution in [1.82, 2.24) is 9.36 Å². The first kappa shape index (κ1) is 21.6. The van der Waals surface area contributed by atoms with E-state index in [9.17, 15) is 9.59 Å². The Hall–Kier alpha value is -3.67. The SMILES string of the molecule is COC(=O)c1ccc2c(c1)C(C)(C)C(C=Cc1c(C)n(C)n(-c3ccccc3)c1=O)=[N+]2C. The molecule has 164 valence electrons. The molecule has 0 N–H and O–H groups in total. The minimum atomic E-state index is -0.350. The highest BCUT2D eigenvalue weighted by molar-refractivity contribution is 6.06. The smallest absolute Gasteiger partial charge is 0.337 e. The number of ether oxygens (including phenoxy) is 1. The molecule has 0 saturated heterocycles. The van der Waals surface area contributed by atoms with Crippen LogP contribution in [0.1, 0.15) is 41.0 Å². The molecule has 0 unspecified atom stereocenters. The number of benzene rings is 2. The second kappa shape index (κ2) is 7.79. The topological polar surface area (TPSA) is 56.2 Å². The van der Waals surface area contributed by atoms with Crippen LogP contribution >= 0.6 is 0 Å². The molecule has 6 nitrogen and oxygen atoms in total. The molecule has 0 fully saturated rings. The number of nitrogens with zero attached hydrogens (tertiary/aromatic N) is 3. The third kappa shape index (κ3) is 3.23. The van der Waals surface area contributed by atoms with Crippen molar-refractivity contribution >= 4 is 23.4 Å². The fourth-order valence-corrected chi connectivity index (χ4v) is 4.52. The molecule has 0 saturated carbocycles. The van der Waals surface area contributed by atoms with Crippen LogP contribution in [0.25, 0.3) is 11.8 Å². The first-order valence-electron chi connectivity index (χ1n) is 10.5. The van der Waals surface area contributed by atoms with Crippen molar-refractivity contribution in [3.05, 3.63) is 87.3 Å². The molecule has 6 heteroatoms. The zero-order chi connectivity index (χ0) is 23.2. The highest BCUT2D eigenvalue weighted by Crippen LogP contribution is 2.40. The van der Waals surface area contributed by atoms with E-state index in [2.05, 4.69) is 18.4 Å². The number of para-hydroxylation sites is 1. The van der Waals surface area contributed by atoms with Crippen molar-refractivity contribution in [3.8, 4) is 5.69 Å². The van der Waals surface area contributed by atoms with Crippen molar-refractivity contribution in [2.75, 3.05) is 14.2 Å². The molecule has 0 amide bonds. The molecule has 32 heavy (non-hydrogen) atoms. The van der Waals surface area contributed by atoms with E-state index < -0.39 is 0 Å². The average Bonchev–Trinajstić information content (AvgIpc) is 3.12. The number of carbonyl (C=O) groups excluding carboxylic acids is 1. The third-order valence-electron chi connectivity index (χ3n) is 6.46. The normalized spacial score (nSPS) is 14.8. The Balaban J connectivity index is 1.77. The summed E-state index contributed by atoms with van der Waals surface area (Å²) in [6, 6.07) is 15.2. The van der Waals surface area contributed by atoms with Crippen LogP contribution in [0, 0.1) is 6.92 Å². The van der Waals surface area contributed by atoms with Gasteiger partial charge in [0.25, 0.3) is 5.56 Å². The molecule has 2 aromatic carbocycles. The van der Waals surface area contributed by atoms with Gasteiger partial charge in [-0.1, -0.05) is 18.2 Å². The molecule has 0 radical (unpaired) electrons. The molecular weight excluding hydrogens is 402 g/mol. The molecule has 0 bridgehead atoms. The van der Waals surface area contributed by atoms with Gasteiger partial charge in [-0.3, -0.25) is 9.48 Å². The van der Waals surface area contributed by atoms with Gasteiger partial charge in [0, 0.05) is 30.4 Å². The number of hydrogen-bond donors (Lipinski definition) is 0. The lowest BCUT2D eigenvalue weighted by molar-refractivity contribution is -0.401. The Morgan fingerprint density at radius 3 is 2.44 bits per heavy atom. The number of esters is 1. The van der Waals surface area contributed by atoms with Gasteiger partial charge in [-0.15, -0.1) is 0 Å². The first-order valence-corrected chi connectivity index (χ1v) is 10.5. The number of allylic oxidation sites excluding steroid dienone is 1. The third-order valence-corrected chi connectivity index (χ3v) is 6.46. The van der Waals surface area contributed by atoms with Crippen LogP contribution < -0.4 is 5.56 Å². The summed E-state index contributed by atoms with van der Waals surface area (Å²) in [5, 5.41) is 0. The molecule has 4 rings (SSSR count). The van der Waals surface area contributed by atoms with E-state index in [0.717, 1.165) is 28.3 Å². The highest BCUT2D eigenvalue weighted by atomic mass is 16.5. The summed E-state index contributed by atoms with van der Waals surface area (Å²) in [6.07, 6.45) is 3.91. The van der Waals surface area contributed by atoms with E-state index in [-0.39, 0.29) is 16.9 Å². The molecular formula is C26H28N3O3+. The van der Waals surface area contributed by atoms with E-state index >= 15 is 0 Å². The number of rotatable bonds is 4. The van der Waals surface area contributed by atoms with Crippen LogP contribution in [0.2, 0.25) is 0 Å². The van der Waals surface area contributed by atoms with Crippen molar-refractivity contribution < 1.29 is 14.1 Å². The van der Waals surface area contributed by atoms with E-state index in [4.69, 9.17) is 4.74 Å². The largest absolute Gasteiger partial charge is 0.465 e.